The summed E-state index contributed by atoms with van der Waals surface area (Å²) in [5.41, 5.74) is 2.53. The van der Waals surface area contributed by atoms with Gasteiger partial charge in [0.15, 0.2) is 15.7 Å². The standard InChI is InChI=1S/C26H29N7O2S/c1-26(2,18-7-5-4-6-8-18)29-23(35)25-27-20-21(30-31-24(20)36-25)28-22(34)17-9-11-19(12-10-17)33-15-13-32(3)14-16-33/h4-12H,13-16H2,1-3H3,(H,29,35)(H2,28,30,31,34). The average Bonchev–Trinajstić information content (AvgIpc) is 3.47. The Morgan fingerprint density at radius 1 is 0.972 bits per heavy atom. The number of likely N-dealkylation sites (N-methyl/N-ethyl adjacent to an activating group) is 1. The molecule has 10 heteroatoms. The van der Waals surface area contributed by atoms with Gasteiger partial charge in [0.2, 0.25) is 0 Å². The molecule has 0 radical (unpaired) electrons. The van der Waals surface area contributed by atoms with Crippen molar-refractivity contribution < 1.29 is 9.59 Å². The maximum absolute atomic E-state index is 12.9. The molecule has 3 N–H and O–H groups in total. The molecule has 1 saturated heterocycles. The second-order valence-electron chi connectivity index (χ2n) is 9.51. The minimum atomic E-state index is -0.569. The molecule has 4 aromatic rings. The second kappa shape index (κ2) is 9.71. The Labute approximate surface area is 213 Å². The van der Waals surface area contributed by atoms with E-state index in [1.807, 2.05) is 68.4 Å². The first-order chi connectivity index (χ1) is 17.3. The minimum Gasteiger partial charge on any atom is -0.369 e. The molecule has 2 aromatic heterocycles. The highest BCUT2D eigenvalue weighted by Gasteiger charge is 2.26. The zero-order chi connectivity index (χ0) is 25.3. The second-order valence-corrected chi connectivity index (χ2v) is 10.5. The molecule has 5 rings (SSSR count). The number of H-pyrrole nitrogens is 1. The summed E-state index contributed by atoms with van der Waals surface area (Å²) in [6.07, 6.45) is 0. The molecule has 0 unspecified atom stereocenters. The van der Waals surface area contributed by atoms with Gasteiger partial charge in [0.1, 0.15) is 5.52 Å². The highest BCUT2D eigenvalue weighted by molar-refractivity contribution is 7.20. The normalized spacial score (nSPS) is 14.7. The summed E-state index contributed by atoms with van der Waals surface area (Å²) < 4.78 is 0. The molecule has 2 amide bonds. The van der Waals surface area contributed by atoms with Crippen molar-refractivity contribution in [2.24, 2.45) is 0 Å². The Hall–Kier alpha value is -3.76. The smallest absolute Gasteiger partial charge is 0.281 e. The van der Waals surface area contributed by atoms with E-state index in [0.717, 1.165) is 37.4 Å². The van der Waals surface area contributed by atoms with E-state index < -0.39 is 5.54 Å². The van der Waals surface area contributed by atoms with Crippen LogP contribution in [0.25, 0.3) is 10.3 Å². The van der Waals surface area contributed by atoms with Gasteiger partial charge in [0.05, 0.1) is 5.54 Å². The number of nitrogens with one attached hydrogen (secondary N) is 3. The van der Waals surface area contributed by atoms with Gasteiger partial charge in [-0.3, -0.25) is 14.7 Å². The van der Waals surface area contributed by atoms with Gasteiger partial charge in [-0.05, 0) is 50.7 Å². The van der Waals surface area contributed by atoms with Crippen LogP contribution in [0, 0.1) is 0 Å². The molecule has 1 aliphatic heterocycles. The Morgan fingerprint density at radius 2 is 1.67 bits per heavy atom. The van der Waals surface area contributed by atoms with Crippen LogP contribution in [0.5, 0.6) is 0 Å². The molecule has 3 heterocycles. The van der Waals surface area contributed by atoms with E-state index in [1.165, 1.54) is 11.3 Å². The maximum atomic E-state index is 12.9. The number of carbonyl (C=O) groups excluding carboxylic acids is 2. The van der Waals surface area contributed by atoms with Crippen molar-refractivity contribution in [1.29, 1.82) is 0 Å². The van der Waals surface area contributed by atoms with E-state index in [9.17, 15) is 9.59 Å². The summed E-state index contributed by atoms with van der Waals surface area (Å²) in [5, 5.41) is 13.2. The fourth-order valence-electron chi connectivity index (χ4n) is 4.23. The Kier molecular flexibility index (Phi) is 6.46. The highest BCUT2D eigenvalue weighted by atomic mass is 32.1. The van der Waals surface area contributed by atoms with Gasteiger partial charge in [0, 0.05) is 37.4 Å². The van der Waals surface area contributed by atoms with Gasteiger partial charge in [-0.25, -0.2) is 4.98 Å². The zero-order valence-electron chi connectivity index (χ0n) is 20.5. The molecule has 0 bridgehead atoms. The molecule has 0 saturated carbocycles. The average molecular weight is 504 g/mol. The van der Waals surface area contributed by atoms with Crippen LogP contribution in [-0.2, 0) is 5.54 Å². The molecule has 9 nitrogen and oxygen atoms in total. The number of aromatic amines is 1. The number of hydrogen-bond acceptors (Lipinski definition) is 7. The third kappa shape index (κ3) is 4.95. The number of carbonyl (C=O) groups is 2. The SMILES string of the molecule is CN1CCN(c2ccc(C(=O)Nc3[nH]nc4sc(C(=O)NC(C)(C)c5ccccc5)nc34)cc2)CC1. The Morgan fingerprint density at radius 3 is 2.36 bits per heavy atom. The molecule has 36 heavy (non-hydrogen) atoms. The number of fused-ring (bicyclic) bond motifs is 1. The van der Waals surface area contributed by atoms with E-state index in [-0.39, 0.29) is 16.8 Å². The first-order valence-electron chi connectivity index (χ1n) is 11.9. The van der Waals surface area contributed by atoms with E-state index in [1.54, 1.807) is 0 Å². The molecule has 0 aliphatic carbocycles. The van der Waals surface area contributed by atoms with Gasteiger partial charge >= 0.3 is 0 Å². The molecule has 0 atom stereocenters. The number of nitrogens with zero attached hydrogens (tertiary/aromatic N) is 4. The van der Waals surface area contributed by atoms with Crippen molar-refractivity contribution in [3.05, 3.63) is 70.7 Å². The van der Waals surface area contributed by atoms with Gasteiger partial charge in [-0.2, -0.15) is 5.10 Å². The summed E-state index contributed by atoms with van der Waals surface area (Å²) in [4.78, 5) is 35.5. The van der Waals surface area contributed by atoms with Gasteiger partial charge in [0.25, 0.3) is 11.8 Å². The van der Waals surface area contributed by atoms with E-state index >= 15 is 0 Å². The third-order valence-corrected chi connectivity index (χ3v) is 7.42. The van der Waals surface area contributed by atoms with E-state index in [0.29, 0.717) is 21.7 Å². The van der Waals surface area contributed by atoms with Gasteiger partial charge < -0.3 is 20.4 Å². The highest BCUT2D eigenvalue weighted by Crippen LogP contribution is 2.28. The monoisotopic (exact) mass is 503 g/mol. The topological polar surface area (TPSA) is 106 Å². The molecule has 2 aromatic carbocycles. The predicted molar refractivity (Wildman–Crippen MR) is 143 cm³/mol. The van der Waals surface area contributed by atoms with Crippen LogP contribution in [0.3, 0.4) is 0 Å². The Balaban J connectivity index is 1.27. The van der Waals surface area contributed by atoms with Crippen LogP contribution in [-0.4, -0.2) is 65.1 Å². The lowest BCUT2D eigenvalue weighted by molar-refractivity contribution is 0.0911. The number of hydrogen-bond donors (Lipinski definition) is 3. The lowest BCUT2D eigenvalue weighted by Crippen LogP contribution is -2.44. The van der Waals surface area contributed by atoms with Gasteiger partial charge in [-0.1, -0.05) is 41.7 Å². The zero-order valence-corrected chi connectivity index (χ0v) is 21.4. The van der Waals surface area contributed by atoms with Crippen LogP contribution in [0.1, 0.15) is 39.6 Å². The van der Waals surface area contributed by atoms with Crippen LogP contribution in [0.2, 0.25) is 0 Å². The number of thiazole rings is 1. The third-order valence-electron chi connectivity index (χ3n) is 6.47. The quantitative estimate of drug-likeness (QED) is 0.371. The molecule has 1 aliphatic rings. The molecular weight excluding hydrogens is 474 g/mol. The number of amides is 2. The van der Waals surface area contributed by atoms with Crippen molar-refractivity contribution in [2.45, 2.75) is 19.4 Å². The molecule has 186 valence electrons. The largest absolute Gasteiger partial charge is 0.369 e. The fourth-order valence-corrected chi connectivity index (χ4v) is 5.03. The maximum Gasteiger partial charge on any atom is 0.281 e. The molecule has 0 spiro atoms. The van der Waals surface area contributed by atoms with Crippen LogP contribution < -0.4 is 15.5 Å². The fraction of sp³-hybridized carbons (Fsp3) is 0.308. The number of anilines is 2. The van der Waals surface area contributed by atoms with Gasteiger partial charge in [-0.15, -0.1) is 0 Å². The number of rotatable bonds is 6. The summed E-state index contributed by atoms with van der Waals surface area (Å²) in [6.45, 7) is 7.87. The van der Waals surface area contributed by atoms with Crippen LogP contribution in [0.4, 0.5) is 11.5 Å². The summed E-state index contributed by atoms with van der Waals surface area (Å²) in [6, 6.07) is 17.4. The molecular formula is C26H29N7O2S. The lowest BCUT2D eigenvalue weighted by atomic mass is 9.94. The van der Waals surface area contributed by atoms with E-state index in [2.05, 4.69) is 42.7 Å². The lowest BCUT2D eigenvalue weighted by Gasteiger charge is -2.34. The van der Waals surface area contributed by atoms with Crippen molar-refractivity contribution in [1.82, 2.24) is 25.4 Å². The van der Waals surface area contributed by atoms with Crippen LogP contribution in [0.15, 0.2) is 54.6 Å². The first kappa shape index (κ1) is 24.0. The first-order valence-corrected chi connectivity index (χ1v) is 12.7. The number of piperazine rings is 1. The number of benzene rings is 2. The predicted octanol–water partition coefficient (Wildman–Crippen LogP) is 3.69. The van der Waals surface area contributed by atoms with Crippen molar-refractivity contribution >= 4 is 45.0 Å². The van der Waals surface area contributed by atoms with Crippen LogP contribution >= 0.6 is 11.3 Å². The van der Waals surface area contributed by atoms with Crippen molar-refractivity contribution in [3.8, 4) is 0 Å². The summed E-state index contributed by atoms with van der Waals surface area (Å²) in [7, 11) is 2.13. The number of aromatic nitrogens is 3. The Bertz CT molecular complexity index is 1370. The van der Waals surface area contributed by atoms with Crippen molar-refractivity contribution in [3.63, 3.8) is 0 Å². The summed E-state index contributed by atoms with van der Waals surface area (Å²) in [5.74, 6) is -0.186. The summed E-state index contributed by atoms with van der Waals surface area (Å²) >= 11 is 1.18. The minimum absolute atomic E-state index is 0.269. The van der Waals surface area contributed by atoms with E-state index in [4.69, 9.17) is 0 Å². The molecule has 1 fully saturated rings. The van der Waals surface area contributed by atoms with Crippen molar-refractivity contribution in [2.75, 3.05) is 43.4 Å².